The van der Waals surface area contributed by atoms with Gasteiger partial charge in [-0.25, -0.2) is 0 Å². The van der Waals surface area contributed by atoms with Gasteiger partial charge in [0.25, 0.3) is 0 Å². The van der Waals surface area contributed by atoms with E-state index in [1.807, 2.05) is 4.90 Å². The number of carbonyl (C=O) groups is 1. The fraction of sp³-hybridized carbons (Fsp3) is 0.875. The van der Waals surface area contributed by atoms with Crippen LogP contribution in [0, 0.1) is 0 Å². The Kier molecular flexibility index (Phi) is 3.49. The standard InChI is InChI=1S/C8H17N3O/c1-7(2)10-6-11-4-3-9-5-8(11)12/h7,9-10H,3-6H2,1-2H3. The molecule has 0 bridgehead atoms. The second-order valence-electron chi connectivity index (χ2n) is 3.35. The molecular formula is C8H17N3O. The molecule has 0 aromatic heterocycles. The van der Waals surface area contributed by atoms with E-state index in [1.54, 1.807) is 0 Å². The zero-order valence-electron chi connectivity index (χ0n) is 7.76. The van der Waals surface area contributed by atoms with Gasteiger partial charge in [0.15, 0.2) is 0 Å². The molecule has 2 N–H and O–H groups in total. The van der Waals surface area contributed by atoms with Crippen LogP contribution in [0.1, 0.15) is 13.8 Å². The van der Waals surface area contributed by atoms with E-state index in [1.165, 1.54) is 0 Å². The molecule has 0 atom stereocenters. The summed E-state index contributed by atoms with van der Waals surface area (Å²) in [6, 6.07) is 0.438. The van der Waals surface area contributed by atoms with Crippen LogP contribution < -0.4 is 10.6 Å². The summed E-state index contributed by atoms with van der Waals surface area (Å²) in [6.45, 7) is 7.04. The molecule has 0 aromatic rings. The van der Waals surface area contributed by atoms with Gasteiger partial charge in [-0.15, -0.1) is 0 Å². The lowest BCUT2D eigenvalue weighted by Crippen LogP contribution is -2.51. The summed E-state index contributed by atoms with van der Waals surface area (Å²) in [5, 5.41) is 6.26. The minimum Gasteiger partial charge on any atom is -0.328 e. The van der Waals surface area contributed by atoms with Crippen LogP contribution >= 0.6 is 0 Å². The Morgan fingerprint density at radius 1 is 1.67 bits per heavy atom. The Morgan fingerprint density at radius 2 is 2.42 bits per heavy atom. The normalized spacial score (nSPS) is 18.9. The van der Waals surface area contributed by atoms with Gasteiger partial charge in [0.05, 0.1) is 13.2 Å². The smallest absolute Gasteiger partial charge is 0.237 e. The van der Waals surface area contributed by atoms with Crippen molar-refractivity contribution in [3.8, 4) is 0 Å². The molecule has 1 heterocycles. The van der Waals surface area contributed by atoms with Gasteiger partial charge < -0.3 is 10.2 Å². The van der Waals surface area contributed by atoms with Crippen LogP contribution in [0.3, 0.4) is 0 Å². The first-order chi connectivity index (χ1) is 5.70. The molecule has 0 radical (unpaired) electrons. The molecule has 0 unspecified atom stereocenters. The molecule has 12 heavy (non-hydrogen) atoms. The van der Waals surface area contributed by atoms with E-state index in [4.69, 9.17) is 0 Å². The predicted molar refractivity (Wildman–Crippen MR) is 47.7 cm³/mol. The Morgan fingerprint density at radius 3 is 3.00 bits per heavy atom. The molecule has 1 fully saturated rings. The summed E-state index contributed by atoms with van der Waals surface area (Å²) in [7, 11) is 0. The first-order valence-electron chi connectivity index (χ1n) is 4.42. The zero-order valence-corrected chi connectivity index (χ0v) is 7.76. The SMILES string of the molecule is CC(C)NCN1CCNCC1=O. The van der Waals surface area contributed by atoms with Gasteiger partial charge >= 0.3 is 0 Å². The molecular weight excluding hydrogens is 154 g/mol. The molecule has 0 aromatic carbocycles. The van der Waals surface area contributed by atoms with E-state index in [2.05, 4.69) is 24.5 Å². The van der Waals surface area contributed by atoms with Gasteiger partial charge in [-0.2, -0.15) is 0 Å². The van der Waals surface area contributed by atoms with Crippen molar-refractivity contribution in [1.82, 2.24) is 15.5 Å². The average molecular weight is 171 g/mol. The molecule has 0 saturated carbocycles. The van der Waals surface area contributed by atoms with E-state index in [0.29, 0.717) is 19.3 Å². The number of piperazine rings is 1. The Bertz CT molecular complexity index is 158. The van der Waals surface area contributed by atoms with E-state index >= 15 is 0 Å². The van der Waals surface area contributed by atoms with Gasteiger partial charge in [0.1, 0.15) is 0 Å². The largest absolute Gasteiger partial charge is 0.328 e. The van der Waals surface area contributed by atoms with E-state index in [-0.39, 0.29) is 5.91 Å². The molecule has 0 aliphatic carbocycles. The number of hydrogen-bond donors (Lipinski definition) is 2. The Hall–Kier alpha value is -0.610. The summed E-state index contributed by atoms with van der Waals surface area (Å²) < 4.78 is 0. The summed E-state index contributed by atoms with van der Waals surface area (Å²) in [5.74, 6) is 0.189. The molecule has 4 heteroatoms. The van der Waals surface area contributed by atoms with E-state index in [9.17, 15) is 4.79 Å². The van der Waals surface area contributed by atoms with Gasteiger partial charge in [0.2, 0.25) is 5.91 Å². The monoisotopic (exact) mass is 171 g/mol. The maximum absolute atomic E-state index is 11.2. The molecule has 70 valence electrons. The van der Waals surface area contributed by atoms with Crippen LogP contribution in [0.15, 0.2) is 0 Å². The van der Waals surface area contributed by atoms with Crippen molar-refractivity contribution in [2.45, 2.75) is 19.9 Å². The molecule has 4 nitrogen and oxygen atoms in total. The van der Waals surface area contributed by atoms with Gasteiger partial charge in [-0.3, -0.25) is 10.1 Å². The lowest BCUT2D eigenvalue weighted by atomic mass is 10.3. The topological polar surface area (TPSA) is 44.4 Å². The third-order valence-corrected chi connectivity index (χ3v) is 1.88. The van der Waals surface area contributed by atoms with E-state index < -0.39 is 0 Å². The fourth-order valence-electron chi connectivity index (χ4n) is 1.11. The van der Waals surface area contributed by atoms with Crippen molar-refractivity contribution in [2.75, 3.05) is 26.3 Å². The van der Waals surface area contributed by atoms with Crippen molar-refractivity contribution in [2.24, 2.45) is 0 Å². The second-order valence-corrected chi connectivity index (χ2v) is 3.35. The van der Waals surface area contributed by atoms with Gasteiger partial charge in [0, 0.05) is 19.1 Å². The van der Waals surface area contributed by atoms with E-state index in [0.717, 1.165) is 13.1 Å². The van der Waals surface area contributed by atoms with Crippen molar-refractivity contribution in [3.05, 3.63) is 0 Å². The van der Waals surface area contributed by atoms with Gasteiger partial charge in [-0.05, 0) is 13.8 Å². The highest BCUT2D eigenvalue weighted by Gasteiger charge is 2.16. The minimum atomic E-state index is 0.189. The number of nitrogens with one attached hydrogen (secondary N) is 2. The minimum absolute atomic E-state index is 0.189. The predicted octanol–water partition coefficient (Wildman–Crippen LogP) is -0.626. The fourth-order valence-corrected chi connectivity index (χ4v) is 1.11. The number of rotatable bonds is 3. The third-order valence-electron chi connectivity index (χ3n) is 1.88. The van der Waals surface area contributed by atoms with Crippen molar-refractivity contribution >= 4 is 5.91 Å². The van der Waals surface area contributed by atoms with Crippen molar-refractivity contribution < 1.29 is 4.79 Å². The summed E-state index contributed by atoms with van der Waals surface area (Å²) in [6.07, 6.45) is 0. The highest BCUT2D eigenvalue weighted by molar-refractivity contribution is 5.78. The average Bonchev–Trinajstić information content (AvgIpc) is 2.03. The number of amides is 1. The Balaban J connectivity index is 2.25. The quantitative estimate of drug-likeness (QED) is 0.594. The first-order valence-corrected chi connectivity index (χ1v) is 4.42. The summed E-state index contributed by atoms with van der Waals surface area (Å²) in [5.41, 5.74) is 0. The molecule has 1 aliphatic rings. The molecule has 0 spiro atoms. The highest BCUT2D eigenvalue weighted by atomic mass is 16.2. The van der Waals surface area contributed by atoms with Crippen LogP contribution in [-0.2, 0) is 4.79 Å². The van der Waals surface area contributed by atoms with Crippen molar-refractivity contribution in [1.29, 1.82) is 0 Å². The first kappa shape index (κ1) is 9.48. The van der Waals surface area contributed by atoms with Crippen molar-refractivity contribution in [3.63, 3.8) is 0 Å². The molecule has 1 amide bonds. The lowest BCUT2D eigenvalue weighted by Gasteiger charge is -2.28. The Labute approximate surface area is 73.3 Å². The molecule has 1 aliphatic heterocycles. The molecule has 1 saturated heterocycles. The number of carbonyl (C=O) groups excluding carboxylic acids is 1. The van der Waals surface area contributed by atoms with Gasteiger partial charge in [-0.1, -0.05) is 0 Å². The third kappa shape index (κ3) is 2.79. The maximum Gasteiger partial charge on any atom is 0.237 e. The number of hydrogen-bond acceptors (Lipinski definition) is 3. The van der Waals surface area contributed by atoms with Crippen LogP contribution in [0.25, 0.3) is 0 Å². The number of nitrogens with zero attached hydrogens (tertiary/aromatic N) is 1. The van der Waals surface area contributed by atoms with Crippen LogP contribution in [0.4, 0.5) is 0 Å². The van der Waals surface area contributed by atoms with Crippen LogP contribution in [0.5, 0.6) is 0 Å². The lowest BCUT2D eigenvalue weighted by molar-refractivity contribution is -0.132. The molecule has 1 rings (SSSR count). The van der Waals surface area contributed by atoms with Crippen LogP contribution in [0.2, 0.25) is 0 Å². The summed E-state index contributed by atoms with van der Waals surface area (Å²) >= 11 is 0. The summed E-state index contributed by atoms with van der Waals surface area (Å²) in [4.78, 5) is 13.1. The second kappa shape index (κ2) is 4.42. The highest BCUT2D eigenvalue weighted by Crippen LogP contribution is 1.92. The van der Waals surface area contributed by atoms with Crippen LogP contribution in [-0.4, -0.2) is 43.2 Å². The maximum atomic E-state index is 11.2. The zero-order chi connectivity index (χ0) is 8.97.